The number of pyridine rings is 1. The fourth-order valence-electron chi connectivity index (χ4n) is 3.39. The first kappa shape index (κ1) is 15.0. The van der Waals surface area contributed by atoms with Crippen molar-refractivity contribution in [2.75, 3.05) is 6.61 Å². The molecule has 3 heteroatoms. The van der Waals surface area contributed by atoms with Crippen LogP contribution in [0.2, 0.25) is 0 Å². The van der Waals surface area contributed by atoms with Gasteiger partial charge >= 0.3 is 0 Å². The van der Waals surface area contributed by atoms with Gasteiger partial charge in [-0.25, -0.2) is 4.98 Å². The van der Waals surface area contributed by atoms with Crippen LogP contribution >= 0.6 is 0 Å². The highest BCUT2D eigenvalue weighted by atomic mass is 19.1. The van der Waals surface area contributed by atoms with Crippen LogP contribution < -0.4 is 4.74 Å². The minimum absolute atomic E-state index is 0.396. The van der Waals surface area contributed by atoms with Crippen molar-refractivity contribution in [2.24, 2.45) is 0 Å². The lowest BCUT2D eigenvalue weighted by Gasteiger charge is -2.29. The normalized spacial score (nSPS) is 21.5. The van der Waals surface area contributed by atoms with Gasteiger partial charge in [0, 0.05) is 6.20 Å². The Labute approximate surface area is 131 Å². The highest BCUT2D eigenvalue weighted by Gasteiger charge is 2.23. The second-order valence-electron chi connectivity index (χ2n) is 5.96. The van der Waals surface area contributed by atoms with Crippen LogP contribution in [0.1, 0.15) is 55.6 Å². The van der Waals surface area contributed by atoms with Crippen LogP contribution in [0.4, 0.5) is 4.39 Å². The fraction of sp³-hybridized carbons (Fsp3) is 0.421. The van der Waals surface area contributed by atoms with Gasteiger partial charge in [-0.1, -0.05) is 18.2 Å². The predicted molar refractivity (Wildman–Crippen MR) is 85.8 cm³/mol. The molecule has 1 aliphatic rings. The summed E-state index contributed by atoms with van der Waals surface area (Å²) >= 11 is 0. The Bertz CT molecular complexity index is 586. The molecule has 2 nitrogen and oxygen atoms in total. The van der Waals surface area contributed by atoms with Crippen LogP contribution in [0.5, 0.6) is 5.75 Å². The van der Waals surface area contributed by atoms with Crippen molar-refractivity contribution in [2.45, 2.75) is 44.4 Å². The maximum atomic E-state index is 12.9. The first-order valence-electron chi connectivity index (χ1n) is 8.10. The van der Waals surface area contributed by atoms with Crippen molar-refractivity contribution >= 4 is 0 Å². The van der Waals surface area contributed by atoms with E-state index in [1.807, 2.05) is 13.0 Å². The van der Waals surface area contributed by atoms with Crippen molar-refractivity contribution in [3.8, 4) is 5.75 Å². The number of hydrogen-bond acceptors (Lipinski definition) is 2. The van der Waals surface area contributed by atoms with E-state index in [4.69, 9.17) is 4.74 Å². The molecule has 1 aliphatic carbocycles. The van der Waals surface area contributed by atoms with Gasteiger partial charge in [0.25, 0.3) is 0 Å². The molecule has 0 saturated heterocycles. The van der Waals surface area contributed by atoms with Crippen molar-refractivity contribution in [1.29, 1.82) is 0 Å². The molecule has 0 bridgehead atoms. The summed E-state index contributed by atoms with van der Waals surface area (Å²) in [6.45, 7) is 2.70. The molecule has 0 atom stereocenters. The first-order valence-corrected chi connectivity index (χ1v) is 8.10. The minimum Gasteiger partial charge on any atom is -0.494 e. The highest BCUT2D eigenvalue weighted by Crippen LogP contribution is 2.40. The quantitative estimate of drug-likeness (QED) is 0.736. The standard InChI is InChI=1S/C19H22FNO/c1-2-22-18-10-7-15(8-11-18)14-3-5-16(6-4-14)17-9-12-19(20)21-13-17/h7-14,16H,2-6H2,1H3. The van der Waals surface area contributed by atoms with Gasteiger partial charge in [-0.3, -0.25) is 0 Å². The molecule has 0 radical (unpaired) electrons. The second kappa shape index (κ2) is 6.91. The highest BCUT2D eigenvalue weighted by molar-refractivity contribution is 5.30. The number of benzene rings is 1. The Balaban J connectivity index is 1.60. The summed E-state index contributed by atoms with van der Waals surface area (Å²) in [7, 11) is 0. The zero-order valence-electron chi connectivity index (χ0n) is 13.0. The number of hydrogen-bond donors (Lipinski definition) is 0. The molecule has 1 aromatic heterocycles. The Hall–Kier alpha value is -1.90. The minimum atomic E-state index is -0.396. The lowest BCUT2D eigenvalue weighted by atomic mass is 9.76. The molecule has 1 aromatic carbocycles. The molecule has 0 N–H and O–H groups in total. The third-order valence-electron chi connectivity index (χ3n) is 4.61. The summed E-state index contributed by atoms with van der Waals surface area (Å²) in [5.74, 6) is 1.69. The van der Waals surface area contributed by atoms with E-state index in [0.29, 0.717) is 18.4 Å². The molecule has 0 amide bonds. The number of nitrogens with zero attached hydrogens (tertiary/aromatic N) is 1. The molecular weight excluding hydrogens is 277 g/mol. The van der Waals surface area contributed by atoms with Gasteiger partial charge < -0.3 is 4.74 Å². The summed E-state index contributed by atoms with van der Waals surface area (Å²) in [6.07, 6.45) is 6.33. The molecule has 0 unspecified atom stereocenters. The molecule has 116 valence electrons. The van der Waals surface area contributed by atoms with Crippen LogP contribution in [0.3, 0.4) is 0 Å². The lowest BCUT2D eigenvalue weighted by Crippen LogP contribution is -2.12. The maximum absolute atomic E-state index is 12.9. The van der Waals surface area contributed by atoms with Crippen LogP contribution in [0.15, 0.2) is 42.6 Å². The summed E-state index contributed by atoms with van der Waals surface area (Å²) in [5, 5.41) is 0. The molecule has 2 aromatic rings. The van der Waals surface area contributed by atoms with Gasteiger partial charge in [0.05, 0.1) is 6.61 Å². The van der Waals surface area contributed by atoms with E-state index in [9.17, 15) is 4.39 Å². The van der Waals surface area contributed by atoms with Gasteiger partial charge in [-0.2, -0.15) is 4.39 Å². The average molecular weight is 299 g/mol. The third kappa shape index (κ3) is 3.46. The lowest BCUT2D eigenvalue weighted by molar-refractivity contribution is 0.339. The molecular formula is C19H22FNO. The van der Waals surface area contributed by atoms with E-state index in [2.05, 4.69) is 29.2 Å². The molecule has 1 fully saturated rings. The number of halogens is 1. The third-order valence-corrected chi connectivity index (χ3v) is 4.61. The first-order chi connectivity index (χ1) is 10.8. The van der Waals surface area contributed by atoms with Crippen molar-refractivity contribution in [3.05, 3.63) is 59.7 Å². The SMILES string of the molecule is CCOc1ccc(C2CCC(c3ccc(F)nc3)CC2)cc1. The molecule has 0 aliphatic heterocycles. The Morgan fingerprint density at radius 3 is 2.09 bits per heavy atom. The van der Waals surface area contributed by atoms with E-state index < -0.39 is 5.95 Å². The zero-order chi connectivity index (χ0) is 15.4. The van der Waals surface area contributed by atoms with Gasteiger partial charge in [-0.15, -0.1) is 0 Å². The van der Waals surface area contributed by atoms with Crippen molar-refractivity contribution in [3.63, 3.8) is 0 Å². The summed E-state index contributed by atoms with van der Waals surface area (Å²) in [5.41, 5.74) is 2.57. The molecule has 0 spiro atoms. The average Bonchev–Trinajstić information content (AvgIpc) is 2.57. The topological polar surface area (TPSA) is 22.1 Å². The molecule has 1 heterocycles. The molecule has 3 rings (SSSR count). The van der Waals surface area contributed by atoms with Crippen LogP contribution in [-0.4, -0.2) is 11.6 Å². The predicted octanol–water partition coefficient (Wildman–Crippen LogP) is 5.06. The number of aromatic nitrogens is 1. The largest absolute Gasteiger partial charge is 0.494 e. The van der Waals surface area contributed by atoms with Crippen molar-refractivity contribution < 1.29 is 9.13 Å². The number of rotatable bonds is 4. The Morgan fingerprint density at radius 2 is 1.55 bits per heavy atom. The fourth-order valence-corrected chi connectivity index (χ4v) is 3.39. The van der Waals surface area contributed by atoms with Crippen molar-refractivity contribution in [1.82, 2.24) is 4.98 Å². The second-order valence-corrected chi connectivity index (χ2v) is 5.96. The maximum Gasteiger partial charge on any atom is 0.212 e. The van der Waals surface area contributed by atoms with Crippen LogP contribution in [-0.2, 0) is 0 Å². The Kier molecular flexibility index (Phi) is 4.71. The van der Waals surface area contributed by atoms with E-state index in [1.165, 1.54) is 30.0 Å². The zero-order valence-corrected chi connectivity index (χ0v) is 13.0. The van der Waals surface area contributed by atoms with Gasteiger partial charge in [-0.05, 0) is 73.8 Å². The van der Waals surface area contributed by atoms with Gasteiger partial charge in [0.1, 0.15) is 5.75 Å². The van der Waals surface area contributed by atoms with E-state index in [0.717, 1.165) is 18.6 Å². The van der Waals surface area contributed by atoms with E-state index >= 15 is 0 Å². The van der Waals surface area contributed by atoms with Gasteiger partial charge in [0.15, 0.2) is 0 Å². The molecule has 1 saturated carbocycles. The van der Waals surface area contributed by atoms with Gasteiger partial charge in [0.2, 0.25) is 5.95 Å². The summed E-state index contributed by atoms with van der Waals surface area (Å²) in [4.78, 5) is 3.78. The monoisotopic (exact) mass is 299 g/mol. The van der Waals surface area contributed by atoms with Crippen LogP contribution in [0, 0.1) is 5.95 Å². The Morgan fingerprint density at radius 1 is 0.955 bits per heavy atom. The molecule has 22 heavy (non-hydrogen) atoms. The van der Waals surface area contributed by atoms with Crippen LogP contribution in [0.25, 0.3) is 0 Å². The van der Waals surface area contributed by atoms with E-state index in [1.54, 1.807) is 6.20 Å². The summed E-state index contributed by atoms with van der Waals surface area (Å²) in [6, 6.07) is 11.9. The van der Waals surface area contributed by atoms with E-state index in [-0.39, 0.29) is 0 Å². The smallest absolute Gasteiger partial charge is 0.212 e. The number of ether oxygens (including phenoxy) is 1. The summed E-state index contributed by atoms with van der Waals surface area (Å²) < 4.78 is 18.4.